The summed E-state index contributed by atoms with van der Waals surface area (Å²) in [5.74, 6) is -0.271. The maximum absolute atomic E-state index is 12.2. The Morgan fingerprint density at radius 3 is 2.46 bits per heavy atom. The van der Waals surface area contributed by atoms with Crippen LogP contribution >= 0.6 is 0 Å². The van der Waals surface area contributed by atoms with E-state index < -0.39 is 11.9 Å². The van der Waals surface area contributed by atoms with Crippen molar-refractivity contribution in [2.75, 3.05) is 6.61 Å². The maximum atomic E-state index is 12.2. The lowest BCUT2D eigenvalue weighted by molar-refractivity contribution is -0.132. The molecule has 3 aromatic rings. The number of hydrogen-bond donors (Lipinski definition) is 2. The molecule has 6 nitrogen and oxygen atoms in total. The number of rotatable bonds is 7. The van der Waals surface area contributed by atoms with Gasteiger partial charge in [0.15, 0.2) is 0 Å². The van der Waals surface area contributed by atoms with Crippen LogP contribution in [-0.4, -0.2) is 23.6 Å². The van der Waals surface area contributed by atoms with Crippen LogP contribution in [0.3, 0.4) is 0 Å². The minimum Gasteiger partial charge on any atom is -0.493 e. The second kappa shape index (κ2) is 8.73. The molecule has 0 atom stereocenters. The van der Waals surface area contributed by atoms with E-state index in [9.17, 15) is 14.7 Å². The van der Waals surface area contributed by atoms with E-state index in [2.05, 4.69) is 5.32 Å². The lowest BCUT2D eigenvalue weighted by atomic mass is 10.1. The molecule has 0 bridgehead atoms. The maximum Gasteiger partial charge on any atom is 0.352 e. The fraction of sp³-hybridized carbons (Fsp3) is 0.0909. The fourth-order valence-electron chi connectivity index (χ4n) is 2.60. The first-order valence-corrected chi connectivity index (χ1v) is 8.72. The molecule has 0 unspecified atom stereocenters. The van der Waals surface area contributed by atoms with Crippen molar-refractivity contribution in [2.45, 2.75) is 6.92 Å². The van der Waals surface area contributed by atoms with Crippen molar-refractivity contribution in [1.82, 2.24) is 5.32 Å². The van der Waals surface area contributed by atoms with E-state index in [0.29, 0.717) is 29.4 Å². The van der Waals surface area contributed by atoms with Crippen LogP contribution in [0.1, 0.15) is 23.0 Å². The third-order valence-electron chi connectivity index (χ3n) is 3.88. The second-order valence-electron chi connectivity index (χ2n) is 5.81. The zero-order chi connectivity index (χ0) is 19.9. The third kappa shape index (κ3) is 4.48. The van der Waals surface area contributed by atoms with E-state index in [0.717, 1.165) is 5.56 Å². The zero-order valence-electron chi connectivity index (χ0n) is 15.2. The standard InChI is InChI=1S/C22H19NO5/c1-2-27-19-11-7-6-10-17(19)20-13-12-16(28-20)14-18(22(25)26)23-21(24)15-8-4-3-5-9-15/h3-14H,2H2,1H3,(H,23,24)(H,25,26)/b18-14+. The van der Waals surface area contributed by atoms with Gasteiger partial charge in [-0.15, -0.1) is 0 Å². The summed E-state index contributed by atoms with van der Waals surface area (Å²) in [4.78, 5) is 23.8. The van der Waals surface area contributed by atoms with Crippen LogP contribution in [0.5, 0.6) is 5.75 Å². The lowest BCUT2D eigenvalue weighted by Gasteiger charge is -2.07. The van der Waals surface area contributed by atoms with Gasteiger partial charge in [-0.1, -0.05) is 30.3 Å². The summed E-state index contributed by atoms with van der Waals surface area (Å²) in [5, 5.41) is 11.8. The molecule has 6 heteroatoms. The van der Waals surface area contributed by atoms with E-state index >= 15 is 0 Å². The van der Waals surface area contributed by atoms with Crippen LogP contribution in [0, 0.1) is 0 Å². The molecule has 1 heterocycles. The topological polar surface area (TPSA) is 88.8 Å². The van der Waals surface area contributed by atoms with Crippen molar-refractivity contribution in [2.24, 2.45) is 0 Å². The molecule has 0 radical (unpaired) electrons. The highest BCUT2D eigenvalue weighted by molar-refractivity contribution is 6.02. The molecular formula is C22H19NO5. The first kappa shape index (κ1) is 19.0. The van der Waals surface area contributed by atoms with Crippen molar-refractivity contribution in [3.05, 3.63) is 83.8 Å². The predicted molar refractivity (Wildman–Crippen MR) is 105 cm³/mol. The van der Waals surface area contributed by atoms with Gasteiger partial charge < -0.3 is 19.6 Å². The first-order chi connectivity index (χ1) is 13.6. The quantitative estimate of drug-likeness (QED) is 0.603. The third-order valence-corrected chi connectivity index (χ3v) is 3.88. The average molecular weight is 377 g/mol. The molecule has 28 heavy (non-hydrogen) atoms. The SMILES string of the molecule is CCOc1ccccc1-c1ccc(/C=C(/NC(=O)c2ccccc2)C(=O)O)o1. The van der Waals surface area contributed by atoms with E-state index in [1.54, 1.807) is 42.5 Å². The average Bonchev–Trinajstić information content (AvgIpc) is 3.17. The van der Waals surface area contributed by atoms with Crippen molar-refractivity contribution in [3.63, 3.8) is 0 Å². The second-order valence-corrected chi connectivity index (χ2v) is 5.81. The Morgan fingerprint density at radius 2 is 1.75 bits per heavy atom. The number of aliphatic carboxylic acids is 1. The minimum atomic E-state index is -1.27. The molecule has 0 saturated carbocycles. The number of carbonyl (C=O) groups is 2. The van der Waals surface area contributed by atoms with Gasteiger partial charge in [-0.2, -0.15) is 0 Å². The van der Waals surface area contributed by atoms with Gasteiger partial charge in [0.1, 0.15) is 23.0 Å². The molecule has 3 rings (SSSR count). The predicted octanol–water partition coefficient (Wildman–Crippen LogP) is 4.20. The number of amides is 1. The van der Waals surface area contributed by atoms with Gasteiger partial charge in [-0.25, -0.2) is 4.79 Å². The Labute approximate surface area is 162 Å². The van der Waals surface area contributed by atoms with Crippen molar-refractivity contribution in [3.8, 4) is 17.1 Å². The lowest BCUT2D eigenvalue weighted by Crippen LogP contribution is -2.27. The summed E-state index contributed by atoms with van der Waals surface area (Å²) >= 11 is 0. The largest absolute Gasteiger partial charge is 0.493 e. The highest BCUT2D eigenvalue weighted by Gasteiger charge is 2.15. The normalized spacial score (nSPS) is 11.1. The summed E-state index contributed by atoms with van der Waals surface area (Å²) in [6.07, 6.45) is 1.27. The summed E-state index contributed by atoms with van der Waals surface area (Å²) in [7, 11) is 0. The van der Waals surface area contributed by atoms with Crippen molar-refractivity contribution in [1.29, 1.82) is 0 Å². The van der Waals surface area contributed by atoms with Crippen molar-refractivity contribution < 1.29 is 23.8 Å². The molecule has 0 aliphatic rings. The van der Waals surface area contributed by atoms with Gasteiger partial charge in [-0.3, -0.25) is 4.79 Å². The van der Waals surface area contributed by atoms with Gasteiger partial charge in [0, 0.05) is 11.6 Å². The number of ether oxygens (including phenoxy) is 1. The number of nitrogens with one attached hydrogen (secondary N) is 1. The van der Waals surface area contributed by atoms with E-state index in [1.165, 1.54) is 6.08 Å². The Kier molecular flexibility index (Phi) is 5.91. The summed E-state index contributed by atoms with van der Waals surface area (Å²) < 4.78 is 11.3. The molecule has 2 aromatic carbocycles. The number of furan rings is 1. The van der Waals surface area contributed by atoms with Gasteiger partial charge >= 0.3 is 5.97 Å². The molecule has 2 N–H and O–H groups in total. The number of carboxylic acids is 1. The van der Waals surface area contributed by atoms with E-state index in [1.807, 2.05) is 31.2 Å². The fourth-order valence-corrected chi connectivity index (χ4v) is 2.60. The number of carbonyl (C=O) groups excluding carboxylic acids is 1. The Bertz CT molecular complexity index is 1000. The van der Waals surface area contributed by atoms with E-state index in [-0.39, 0.29) is 5.70 Å². The molecule has 0 aliphatic carbocycles. The summed E-state index contributed by atoms with van der Waals surface area (Å²) in [6, 6.07) is 19.1. The first-order valence-electron chi connectivity index (χ1n) is 8.72. The highest BCUT2D eigenvalue weighted by Crippen LogP contribution is 2.31. The minimum absolute atomic E-state index is 0.284. The highest BCUT2D eigenvalue weighted by atomic mass is 16.5. The molecule has 0 saturated heterocycles. The van der Waals surface area contributed by atoms with Crippen molar-refractivity contribution >= 4 is 18.0 Å². The molecule has 1 amide bonds. The number of hydrogen-bond acceptors (Lipinski definition) is 4. The molecule has 0 aliphatic heterocycles. The molecule has 0 spiro atoms. The van der Waals surface area contributed by atoms with Crippen LogP contribution in [0.15, 0.2) is 76.8 Å². The number of para-hydroxylation sites is 1. The Balaban J connectivity index is 1.85. The van der Waals surface area contributed by atoms with Crippen LogP contribution in [-0.2, 0) is 4.79 Å². The van der Waals surface area contributed by atoms with Crippen LogP contribution in [0.25, 0.3) is 17.4 Å². The Morgan fingerprint density at radius 1 is 1.04 bits per heavy atom. The molecular weight excluding hydrogens is 358 g/mol. The molecule has 142 valence electrons. The van der Waals surface area contributed by atoms with Gasteiger partial charge in [0.25, 0.3) is 5.91 Å². The van der Waals surface area contributed by atoms with Crippen LogP contribution < -0.4 is 10.1 Å². The van der Waals surface area contributed by atoms with Gasteiger partial charge in [0.2, 0.25) is 0 Å². The summed E-state index contributed by atoms with van der Waals surface area (Å²) in [5.41, 5.74) is 0.836. The van der Waals surface area contributed by atoms with Gasteiger partial charge in [-0.05, 0) is 43.3 Å². The van der Waals surface area contributed by atoms with Crippen LogP contribution in [0.2, 0.25) is 0 Å². The smallest absolute Gasteiger partial charge is 0.352 e. The summed E-state index contributed by atoms with van der Waals surface area (Å²) in [6.45, 7) is 2.40. The van der Waals surface area contributed by atoms with Gasteiger partial charge in [0.05, 0.1) is 12.2 Å². The number of carboxylic acid groups (broad SMARTS) is 1. The monoisotopic (exact) mass is 377 g/mol. The Hall–Kier alpha value is -3.80. The zero-order valence-corrected chi connectivity index (χ0v) is 15.2. The molecule has 1 aromatic heterocycles. The number of benzene rings is 2. The van der Waals surface area contributed by atoms with E-state index in [4.69, 9.17) is 9.15 Å². The molecule has 0 fully saturated rings. The van der Waals surface area contributed by atoms with Crippen LogP contribution in [0.4, 0.5) is 0 Å².